The summed E-state index contributed by atoms with van der Waals surface area (Å²) in [4.78, 5) is 0. The van der Waals surface area contributed by atoms with Gasteiger partial charge in [0, 0.05) is 18.2 Å². The summed E-state index contributed by atoms with van der Waals surface area (Å²) in [5.41, 5.74) is 1.88. The van der Waals surface area contributed by atoms with Crippen molar-refractivity contribution >= 4 is 11.6 Å². The quantitative estimate of drug-likeness (QED) is 0.858. The van der Waals surface area contributed by atoms with Gasteiger partial charge in [-0.1, -0.05) is 35.9 Å². The SMILES string of the molecule is Fc1cccc(COc2ccc(CNC3CC3)cc2)c1Cl. The summed E-state index contributed by atoms with van der Waals surface area (Å²) in [6.45, 7) is 1.15. The fraction of sp³-hybridized carbons (Fsp3) is 0.294. The molecule has 1 aliphatic rings. The molecule has 4 heteroatoms. The lowest BCUT2D eigenvalue weighted by molar-refractivity contribution is 0.305. The monoisotopic (exact) mass is 305 g/mol. The average molecular weight is 306 g/mol. The number of hydrogen-bond donors (Lipinski definition) is 1. The van der Waals surface area contributed by atoms with Crippen LogP contribution in [0.2, 0.25) is 5.02 Å². The molecule has 1 N–H and O–H groups in total. The molecule has 3 rings (SSSR count). The Morgan fingerprint density at radius 1 is 1.14 bits per heavy atom. The zero-order valence-corrected chi connectivity index (χ0v) is 12.4. The molecule has 2 aromatic rings. The Bertz CT molecular complexity index is 611. The lowest BCUT2D eigenvalue weighted by Gasteiger charge is -2.09. The number of benzene rings is 2. The van der Waals surface area contributed by atoms with Gasteiger partial charge < -0.3 is 10.1 Å². The largest absolute Gasteiger partial charge is 0.489 e. The van der Waals surface area contributed by atoms with Crippen LogP contribution in [0, 0.1) is 5.82 Å². The van der Waals surface area contributed by atoms with Crippen LogP contribution in [0.1, 0.15) is 24.0 Å². The minimum Gasteiger partial charge on any atom is -0.489 e. The summed E-state index contributed by atoms with van der Waals surface area (Å²) < 4.78 is 19.0. The minimum atomic E-state index is -0.417. The predicted octanol–water partition coefficient (Wildman–Crippen LogP) is 4.31. The normalized spacial score (nSPS) is 14.2. The molecule has 0 atom stereocenters. The van der Waals surface area contributed by atoms with Crippen molar-refractivity contribution in [2.75, 3.05) is 0 Å². The third-order valence-corrected chi connectivity index (χ3v) is 3.94. The Morgan fingerprint density at radius 3 is 2.62 bits per heavy atom. The van der Waals surface area contributed by atoms with Gasteiger partial charge in [-0.3, -0.25) is 0 Å². The molecule has 1 fully saturated rings. The molecule has 0 heterocycles. The summed E-state index contributed by atoms with van der Waals surface area (Å²) in [5, 5.41) is 3.59. The van der Waals surface area contributed by atoms with E-state index < -0.39 is 5.82 Å². The van der Waals surface area contributed by atoms with E-state index in [9.17, 15) is 4.39 Å². The van der Waals surface area contributed by atoms with Crippen molar-refractivity contribution in [2.24, 2.45) is 0 Å². The molecule has 1 aliphatic carbocycles. The highest BCUT2D eigenvalue weighted by molar-refractivity contribution is 6.31. The van der Waals surface area contributed by atoms with Gasteiger partial charge in [-0.05, 0) is 36.6 Å². The van der Waals surface area contributed by atoms with Crippen molar-refractivity contribution < 1.29 is 9.13 Å². The van der Waals surface area contributed by atoms with E-state index in [1.54, 1.807) is 12.1 Å². The third-order valence-electron chi connectivity index (χ3n) is 3.52. The molecule has 0 bridgehead atoms. The van der Waals surface area contributed by atoms with Gasteiger partial charge in [0.1, 0.15) is 18.2 Å². The number of hydrogen-bond acceptors (Lipinski definition) is 2. The Balaban J connectivity index is 1.56. The van der Waals surface area contributed by atoms with E-state index in [1.807, 2.05) is 24.3 Å². The first-order valence-corrected chi connectivity index (χ1v) is 7.48. The predicted molar refractivity (Wildman–Crippen MR) is 82.0 cm³/mol. The van der Waals surface area contributed by atoms with Gasteiger partial charge >= 0.3 is 0 Å². The zero-order valence-electron chi connectivity index (χ0n) is 11.6. The Labute approximate surface area is 128 Å². The van der Waals surface area contributed by atoms with Gasteiger partial charge in [-0.25, -0.2) is 4.39 Å². The summed E-state index contributed by atoms with van der Waals surface area (Å²) in [6, 6.07) is 13.4. The second-order valence-electron chi connectivity index (χ2n) is 5.30. The van der Waals surface area contributed by atoms with Crippen molar-refractivity contribution in [2.45, 2.75) is 32.0 Å². The summed E-state index contributed by atoms with van der Waals surface area (Å²) in [5.74, 6) is 0.338. The Hall–Kier alpha value is -1.58. The average Bonchev–Trinajstić information content (AvgIpc) is 3.32. The van der Waals surface area contributed by atoms with Gasteiger partial charge in [0.15, 0.2) is 0 Å². The highest BCUT2D eigenvalue weighted by Crippen LogP contribution is 2.22. The second kappa shape index (κ2) is 6.46. The Kier molecular flexibility index (Phi) is 4.42. The van der Waals surface area contributed by atoms with E-state index in [0.717, 1.165) is 12.3 Å². The number of halogens is 2. The smallest absolute Gasteiger partial charge is 0.142 e. The van der Waals surface area contributed by atoms with E-state index in [-0.39, 0.29) is 11.6 Å². The van der Waals surface area contributed by atoms with Crippen molar-refractivity contribution in [3.63, 3.8) is 0 Å². The van der Waals surface area contributed by atoms with E-state index in [0.29, 0.717) is 11.6 Å². The first-order valence-electron chi connectivity index (χ1n) is 7.10. The highest BCUT2D eigenvalue weighted by atomic mass is 35.5. The summed E-state index contributed by atoms with van der Waals surface area (Å²) in [7, 11) is 0. The topological polar surface area (TPSA) is 21.3 Å². The first-order chi connectivity index (χ1) is 10.2. The zero-order chi connectivity index (χ0) is 14.7. The molecule has 2 nitrogen and oxygen atoms in total. The molecule has 0 radical (unpaired) electrons. The molecule has 0 aromatic heterocycles. The first kappa shape index (κ1) is 14.4. The van der Waals surface area contributed by atoms with Crippen LogP contribution in [0.25, 0.3) is 0 Å². The Morgan fingerprint density at radius 2 is 1.90 bits per heavy atom. The van der Waals surface area contributed by atoms with Crippen molar-refractivity contribution in [3.05, 3.63) is 64.4 Å². The highest BCUT2D eigenvalue weighted by Gasteiger charge is 2.19. The molecular weight excluding hydrogens is 289 g/mol. The van der Waals surface area contributed by atoms with Crippen molar-refractivity contribution in [3.8, 4) is 5.75 Å². The maximum atomic E-state index is 13.3. The number of ether oxygens (including phenoxy) is 1. The molecule has 0 aliphatic heterocycles. The van der Waals surface area contributed by atoms with Crippen LogP contribution in [0.3, 0.4) is 0 Å². The summed E-state index contributed by atoms with van der Waals surface area (Å²) >= 11 is 5.90. The van der Waals surface area contributed by atoms with Crippen LogP contribution in [-0.2, 0) is 13.2 Å². The lowest BCUT2D eigenvalue weighted by Crippen LogP contribution is -2.15. The molecule has 0 unspecified atom stereocenters. The van der Waals surface area contributed by atoms with Crippen LogP contribution in [0.5, 0.6) is 5.75 Å². The van der Waals surface area contributed by atoms with Crippen molar-refractivity contribution in [1.82, 2.24) is 5.32 Å². The molecule has 0 spiro atoms. The molecule has 21 heavy (non-hydrogen) atoms. The third kappa shape index (κ3) is 3.96. The van der Waals surface area contributed by atoms with E-state index in [4.69, 9.17) is 16.3 Å². The van der Waals surface area contributed by atoms with Gasteiger partial charge in [0.2, 0.25) is 0 Å². The standard InChI is InChI=1S/C17H17ClFNO/c18-17-13(2-1-3-16(17)19)11-21-15-8-4-12(5-9-15)10-20-14-6-7-14/h1-5,8-9,14,20H,6-7,10-11H2. The molecule has 0 amide bonds. The minimum absolute atomic E-state index is 0.128. The van der Waals surface area contributed by atoms with E-state index in [2.05, 4.69) is 5.32 Å². The number of nitrogens with one attached hydrogen (secondary N) is 1. The molecule has 2 aromatic carbocycles. The number of rotatable bonds is 6. The van der Waals surface area contributed by atoms with Gasteiger partial charge in [-0.2, -0.15) is 0 Å². The maximum Gasteiger partial charge on any atom is 0.142 e. The summed E-state index contributed by atoms with van der Waals surface area (Å²) in [6.07, 6.45) is 2.57. The van der Waals surface area contributed by atoms with E-state index in [1.165, 1.54) is 24.5 Å². The fourth-order valence-corrected chi connectivity index (χ4v) is 2.25. The van der Waals surface area contributed by atoms with Gasteiger partial charge in [-0.15, -0.1) is 0 Å². The van der Waals surface area contributed by atoms with E-state index >= 15 is 0 Å². The molecular formula is C17H17ClFNO. The van der Waals surface area contributed by atoms with Crippen LogP contribution in [-0.4, -0.2) is 6.04 Å². The maximum absolute atomic E-state index is 13.3. The van der Waals surface area contributed by atoms with Gasteiger partial charge in [0.25, 0.3) is 0 Å². The van der Waals surface area contributed by atoms with Crippen LogP contribution < -0.4 is 10.1 Å². The van der Waals surface area contributed by atoms with Gasteiger partial charge in [0.05, 0.1) is 5.02 Å². The van der Waals surface area contributed by atoms with Crippen molar-refractivity contribution in [1.29, 1.82) is 0 Å². The lowest BCUT2D eigenvalue weighted by atomic mass is 10.2. The molecule has 0 saturated heterocycles. The second-order valence-corrected chi connectivity index (χ2v) is 5.68. The molecule has 110 valence electrons. The fourth-order valence-electron chi connectivity index (χ4n) is 2.07. The van der Waals surface area contributed by atoms with Crippen LogP contribution in [0.15, 0.2) is 42.5 Å². The molecule has 1 saturated carbocycles. The van der Waals surface area contributed by atoms with Crippen LogP contribution in [0.4, 0.5) is 4.39 Å². The van der Waals surface area contributed by atoms with Crippen LogP contribution >= 0.6 is 11.6 Å².